The van der Waals surface area contributed by atoms with E-state index < -0.39 is 5.79 Å². The Morgan fingerprint density at radius 1 is 1.14 bits per heavy atom. The fourth-order valence-electron chi connectivity index (χ4n) is 1.59. The summed E-state index contributed by atoms with van der Waals surface area (Å²) in [5.41, 5.74) is 7.40. The summed E-state index contributed by atoms with van der Waals surface area (Å²) < 4.78 is 11.3. The third-order valence-electron chi connectivity index (χ3n) is 2.48. The highest BCUT2D eigenvalue weighted by Gasteiger charge is 2.30. The van der Waals surface area contributed by atoms with Crippen LogP contribution in [-0.2, 0) is 15.3 Å². The number of nitrogen functional groups attached to an aromatic ring is 1. The Hall–Kier alpha value is -1.06. The van der Waals surface area contributed by atoms with Gasteiger partial charge >= 0.3 is 0 Å². The zero-order chi connectivity index (χ0) is 10.0. The zero-order valence-corrected chi connectivity index (χ0v) is 8.32. The van der Waals surface area contributed by atoms with Crippen LogP contribution in [0.15, 0.2) is 24.3 Å². The largest absolute Gasteiger partial charge is 0.399 e. The first-order valence-electron chi connectivity index (χ1n) is 4.85. The molecule has 14 heavy (non-hydrogen) atoms. The molecule has 1 heterocycles. The van der Waals surface area contributed by atoms with E-state index >= 15 is 0 Å². The van der Waals surface area contributed by atoms with E-state index in [0.717, 1.165) is 30.9 Å². The lowest BCUT2D eigenvalue weighted by Gasteiger charge is -2.34. The summed E-state index contributed by atoms with van der Waals surface area (Å²) in [7, 11) is 0. The minimum atomic E-state index is -0.591. The van der Waals surface area contributed by atoms with Crippen molar-refractivity contribution in [3.63, 3.8) is 0 Å². The molecule has 2 N–H and O–H groups in total. The number of nitrogens with two attached hydrogens (primary N) is 1. The second-order valence-corrected chi connectivity index (χ2v) is 3.62. The summed E-state index contributed by atoms with van der Waals surface area (Å²) in [5.74, 6) is -0.591. The van der Waals surface area contributed by atoms with Gasteiger partial charge in [0.2, 0.25) is 0 Å². The Morgan fingerprint density at radius 2 is 1.71 bits per heavy atom. The van der Waals surface area contributed by atoms with Crippen LogP contribution in [0.2, 0.25) is 0 Å². The lowest BCUT2D eigenvalue weighted by Crippen LogP contribution is -2.34. The van der Waals surface area contributed by atoms with Crippen molar-refractivity contribution in [3.05, 3.63) is 29.8 Å². The average molecular weight is 193 g/mol. The molecule has 1 aliphatic heterocycles. The Kier molecular flexibility index (Phi) is 2.44. The fourth-order valence-corrected chi connectivity index (χ4v) is 1.59. The fraction of sp³-hybridized carbons (Fsp3) is 0.455. The van der Waals surface area contributed by atoms with Crippen molar-refractivity contribution >= 4 is 5.69 Å². The van der Waals surface area contributed by atoms with Gasteiger partial charge in [0, 0.05) is 11.3 Å². The molecule has 0 bridgehead atoms. The predicted octanol–water partition coefficient (Wildman–Crippen LogP) is 1.88. The molecule has 0 aliphatic carbocycles. The van der Waals surface area contributed by atoms with Gasteiger partial charge < -0.3 is 15.2 Å². The number of rotatable bonds is 1. The molecule has 2 rings (SSSR count). The first-order chi connectivity index (χ1) is 6.71. The maximum absolute atomic E-state index is 5.63. The van der Waals surface area contributed by atoms with E-state index in [4.69, 9.17) is 15.2 Å². The van der Waals surface area contributed by atoms with Crippen LogP contribution in [0, 0.1) is 0 Å². The van der Waals surface area contributed by atoms with Gasteiger partial charge in [-0.3, -0.25) is 0 Å². The van der Waals surface area contributed by atoms with E-state index in [1.807, 2.05) is 31.2 Å². The van der Waals surface area contributed by atoms with Crippen LogP contribution in [0.5, 0.6) is 0 Å². The molecule has 0 spiro atoms. The highest BCUT2D eigenvalue weighted by molar-refractivity contribution is 5.40. The zero-order valence-electron chi connectivity index (χ0n) is 8.32. The van der Waals surface area contributed by atoms with E-state index in [1.165, 1.54) is 0 Å². The molecule has 76 valence electrons. The Bertz CT molecular complexity index is 302. The summed E-state index contributed by atoms with van der Waals surface area (Å²) in [6.45, 7) is 3.44. The number of anilines is 1. The van der Waals surface area contributed by atoms with Gasteiger partial charge in [0.25, 0.3) is 0 Å². The molecule has 1 saturated heterocycles. The first-order valence-corrected chi connectivity index (χ1v) is 4.85. The molecular weight excluding hydrogens is 178 g/mol. The monoisotopic (exact) mass is 193 g/mol. The second-order valence-electron chi connectivity index (χ2n) is 3.62. The van der Waals surface area contributed by atoms with Crippen molar-refractivity contribution in [2.24, 2.45) is 0 Å². The van der Waals surface area contributed by atoms with Crippen molar-refractivity contribution in [1.29, 1.82) is 0 Å². The van der Waals surface area contributed by atoms with Gasteiger partial charge in [-0.15, -0.1) is 0 Å². The van der Waals surface area contributed by atoms with Gasteiger partial charge in [-0.1, -0.05) is 12.1 Å². The quantitative estimate of drug-likeness (QED) is 0.692. The Balaban J connectivity index is 2.23. The normalized spacial score (nSPS) is 20.6. The highest BCUT2D eigenvalue weighted by atomic mass is 16.7. The van der Waals surface area contributed by atoms with Gasteiger partial charge in [-0.2, -0.15) is 0 Å². The third-order valence-corrected chi connectivity index (χ3v) is 2.48. The lowest BCUT2D eigenvalue weighted by atomic mass is 10.1. The van der Waals surface area contributed by atoms with Gasteiger partial charge in [0.05, 0.1) is 13.2 Å². The molecule has 1 fully saturated rings. The summed E-state index contributed by atoms with van der Waals surface area (Å²) in [5, 5.41) is 0. The molecule has 0 saturated carbocycles. The van der Waals surface area contributed by atoms with Crippen LogP contribution < -0.4 is 5.73 Å². The van der Waals surface area contributed by atoms with Crippen LogP contribution in [-0.4, -0.2) is 13.2 Å². The van der Waals surface area contributed by atoms with E-state index in [0.29, 0.717) is 0 Å². The number of hydrogen-bond acceptors (Lipinski definition) is 3. The molecule has 1 aromatic rings. The molecule has 0 amide bonds. The van der Waals surface area contributed by atoms with Crippen molar-refractivity contribution in [1.82, 2.24) is 0 Å². The van der Waals surface area contributed by atoms with Gasteiger partial charge in [-0.25, -0.2) is 0 Å². The van der Waals surface area contributed by atoms with Crippen LogP contribution in [0.1, 0.15) is 18.9 Å². The molecule has 3 nitrogen and oxygen atoms in total. The van der Waals surface area contributed by atoms with Crippen molar-refractivity contribution in [3.8, 4) is 0 Å². The highest BCUT2D eigenvalue weighted by Crippen LogP contribution is 2.30. The van der Waals surface area contributed by atoms with Crippen molar-refractivity contribution in [2.45, 2.75) is 19.1 Å². The van der Waals surface area contributed by atoms with Crippen LogP contribution >= 0.6 is 0 Å². The van der Waals surface area contributed by atoms with E-state index in [9.17, 15) is 0 Å². The van der Waals surface area contributed by atoms with E-state index in [-0.39, 0.29) is 0 Å². The number of benzene rings is 1. The SMILES string of the molecule is CC1(c2ccc(N)cc2)OCCCO1. The van der Waals surface area contributed by atoms with Crippen molar-refractivity contribution < 1.29 is 9.47 Å². The molecule has 0 radical (unpaired) electrons. The molecule has 0 unspecified atom stereocenters. The van der Waals surface area contributed by atoms with E-state index in [1.54, 1.807) is 0 Å². The minimum absolute atomic E-state index is 0.591. The molecule has 1 aromatic carbocycles. The number of ether oxygens (including phenoxy) is 2. The number of hydrogen-bond donors (Lipinski definition) is 1. The summed E-state index contributed by atoms with van der Waals surface area (Å²) in [4.78, 5) is 0. The molecular formula is C11H15NO2. The van der Waals surface area contributed by atoms with Gasteiger partial charge in [-0.05, 0) is 25.5 Å². The van der Waals surface area contributed by atoms with Crippen LogP contribution in [0.25, 0.3) is 0 Å². The maximum atomic E-state index is 5.63. The maximum Gasteiger partial charge on any atom is 0.191 e. The summed E-state index contributed by atoms with van der Waals surface area (Å²) >= 11 is 0. The summed E-state index contributed by atoms with van der Waals surface area (Å²) in [6.07, 6.45) is 0.963. The molecule has 0 atom stereocenters. The first kappa shape index (κ1) is 9.49. The second kappa shape index (κ2) is 3.59. The van der Waals surface area contributed by atoms with Gasteiger partial charge in [0.1, 0.15) is 0 Å². The van der Waals surface area contributed by atoms with Crippen molar-refractivity contribution in [2.75, 3.05) is 18.9 Å². The molecule has 0 aromatic heterocycles. The Labute approximate surface area is 83.8 Å². The average Bonchev–Trinajstić information content (AvgIpc) is 2.19. The van der Waals surface area contributed by atoms with E-state index in [2.05, 4.69) is 0 Å². The van der Waals surface area contributed by atoms with Crippen LogP contribution in [0.4, 0.5) is 5.69 Å². The smallest absolute Gasteiger partial charge is 0.191 e. The third kappa shape index (κ3) is 1.74. The summed E-state index contributed by atoms with van der Waals surface area (Å²) in [6, 6.07) is 7.62. The topological polar surface area (TPSA) is 44.5 Å². The molecule has 3 heteroatoms. The lowest BCUT2D eigenvalue weighted by molar-refractivity contribution is -0.264. The minimum Gasteiger partial charge on any atom is -0.399 e. The van der Waals surface area contributed by atoms with Gasteiger partial charge in [0.15, 0.2) is 5.79 Å². The Morgan fingerprint density at radius 3 is 2.29 bits per heavy atom. The standard InChI is InChI=1S/C11H15NO2/c1-11(13-7-2-8-14-11)9-3-5-10(12)6-4-9/h3-6H,2,7-8,12H2,1H3. The van der Waals surface area contributed by atoms with Crippen LogP contribution in [0.3, 0.4) is 0 Å². The predicted molar refractivity (Wildman–Crippen MR) is 54.7 cm³/mol. The molecule has 1 aliphatic rings.